The van der Waals surface area contributed by atoms with Gasteiger partial charge in [0, 0.05) is 16.7 Å². The van der Waals surface area contributed by atoms with Gasteiger partial charge in [0.15, 0.2) is 0 Å². The van der Waals surface area contributed by atoms with Crippen LogP contribution in [0.5, 0.6) is 0 Å². The molecule has 3 aromatic carbocycles. The smallest absolute Gasteiger partial charge is 0.261 e. The highest BCUT2D eigenvalue weighted by Gasteiger charge is 2.45. The summed E-state index contributed by atoms with van der Waals surface area (Å²) in [7, 11) is 0. The molecular formula is C32H34N2O4S. The number of unbranched alkanes of at least 4 members (excludes halogenated alkanes) is 2. The summed E-state index contributed by atoms with van der Waals surface area (Å²) in [4.78, 5) is 47.5. The van der Waals surface area contributed by atoms with E-state index < -0.39 is 0 Å². The number of nitrogens with zero attached hydrogens (tertiary/aromatic N) is 1. The van der Waals surface area contributed by atoms with Crippen LogP contribution in [-0.4, -0.2) is 41.0 Å². The lowest BCUT2D eigenvalue weighted by Gasteiger charge is -2.26. The molecule has 3 unspecified atom stereocenters. The second kappa shape index (κ2) is 12.6. The van der Waals surface area contributed by atoms with E-state index in [-0.39, 0.29) is 41.4 Å². The molecule has 39 heavy (non-hydrogen) atoms. The minimum atomic E-state index is -0.390. The van der Waals surface area contributed by atoms with Crippen LogP contribution in [0, 0.1) is 11.8 Å². The van der Waals surface area contributed by atoms with Crippen molar-refractivity contribution in [2.45, 2.75) is 49.2 Å². The maximum atomic E-state index is 13.4. The molecule has 1 fully saturated rings. The zero-order valence-corrected chi connectivity index (χ0v) is 23.0. The Bertz CT molecular complexity index is 1280. The number of hydrogen-bond donors (Lipinski definition) is 1. The fourth-order valence-electron chi connectivity index (χ4n) is 5.55. The van der Waals surface area contributed by atoms with Gasteiger partial charge in [0.25, 0.3) is 11.8 Å². The quantitative estimate of drug-likeness (QED) is 0.173. The van der Waals surface area contributed by atoms with Gasteiger partial charge < -0.3 is 0 Å². The fourth-order valence-corrected chi connectivity index (χ4v) is 6.94. The Kier molecular flexibility index (Phi) is 8.79. The van der Waals surface area contributed by atoms with Gasteiger partial charge in [0.1, 0.15) is 0 Å². The summed E-state index contributed by atoms with van der Waals surface area (Å²) < 4.78 is 0. The number of imide groups is 1. The lowest BCUT2D eigenvalue weighted by Crippen LogP contribution is -2.42. The van der Waals surface area contributed by atoms with Crippen LogP contribution in [0.15, 0.2) is 83.8 Å². The largest absolute Gasteiger partial charge is 0.274 e. The Labute approximate surface area is 234 Å². The number of thioether (sulfide) groups is 1. The maximum absolute atomic E-state index is 13.4. The summed E-state index contributed by atoms with van der Waals surface area (Å²) in [5.74, 6) is -1.27. The molecule has 1 aliphatic carbocycles. The van der Waals surface area contributed by atoms with Crippen LogP contribution in [0.25, 0.3) is 11.1 Å². The molecule has 0 spiro atoms. The summed E-state index contributed by atoms with van der Waals surface area (Å²) >= 11 is 1.68. The number of hydrogen-bond acceptors (Lipinski definition) is 5. The van der Waals surface area contributed by atoms with E-state index >= 15 is 0 Å². The van der Waals surface area contributed by atoms with Crippen molar-refractivity contribution in [2.75, 3.05) is 13.2 Å². The predicted octanol–water partition coefficient (Wildman–Crippen LogP) is 6.37. The van der Waals surface area contributed by atoms with E-state index in [1.807, 2.05) is 18.2 Å². The molecule has 3 aromatic rings. The normalized spacial score (nSPS) is 20.3. The summed E-state index contributed by atoms with van der Waals surface area (Å²) in [6, 6.07) is 25.6. The Morgan fingerprint density at radius 2 is 1.51 bits per heavy atom. The first-order valence-corrected chi connectivity index (χ1v) is 14.6. The van der Waals surface area contributed by atoms with Crippen molar-refractivity contribution in [1.29, 1.82) is 0 Å². The lowest BCUT2D eigenvalue weighted by molar-refractivity contribution is -0.139. The van der Waals surface area contributed by atoms with E-state index in [0.29, 0.717) is 17.7 Å². The van der Waals surface area contributed by atoms with Crippen LogP contribution in [0.2, 0.25) is 0 Å². The zero-order chi connectivity index (χ0) is 27.2. The van der Waals surface area contributed by atoms with Gasteiger partial charge in [-0.25, -0.2) is 5.48 Å². The van der Waals surface area contributed by atoms with Crippen molar-refractivity contribution < 1.29 is 19.2 Å². The van der Waals surface area contributed by atoms with Gasteiger partial charge in [-0.15, -0.1) is 11.8 Å². The highest BCUT2D eigenvalue weighted by molar-refractivity contribution is 8.00. The Hall–Kier alpha value is -3.42. The molecule has 0 aromatic heterocycles. The second-order valence-corrected chi connectivity index (χ2v) is 11.5. The molecule has 2 aliphatic rings. The first-order valence-electron chi connectivity index (χ1n) is 13.8. The van der Waals surface area contributed by atoms with Gasteiger partial charge in [-0.05, 0) is 60.6 Å². The van der Waals surface area contributed by atoms with Crippen molar-refractivity contribution in [3.8, 4) is 11.1 Å². The van der Waals surface area contributed by atoms with Crippen LogP contribution < -0.4 is 5.48 Å². The van der Waals surface area contributed by atoms with Crippen molar-refractivity contribution in [1.82, 2.24) is 10.4 Å². The number of fused-ring (bicyclic) bond motifs is 1. The summed E-state index contributed by atoms with van der Waals surface area (Å²) in [6.07, 6.45) is 4.56. The molecule has 0 bridgehead atoms. The fraction of sp³-hybridized carbons (Fsp3) is 0.344. The molecular weight excluding hydrogens is 508 g/mol. The van der Waals surface area contributed by atoms with Gasteiger partial charge in [-0.2, -0.15) is 0 Å². The van der Waals surface area contributed by atoms with Crippen LogP contribution in [0.4, 0.5) is 0 Å². The molecule has 3 amide bonds. The van der Waals surface area contributed by atoms with Gasteiger partial charge in [0.2, 0.25) is 5.91 Å². The minimum Gasteiger partial charge on any atom is -0.274 e. The Balaban J connectivity index is 1.30. The first kappa shape index (κ1) is 27.2. The molecule has 1 aliphatic heterocycles. The minimum absolute atomic E-state index is 0.00648. The predicted molar refractivity (Wildman–Crippen MR) is 153 cm³/mol. The van der Waals surface area contributed by atoms with Crippen LogP contribution in [-0.2, 0) is 9.63 Å². The number of hydroxylamine groups is 1. The molecule has 1 saturated carbocycles. The van der Waals surface area contributed by atoms with Gasteiger partial charge in [-0.1, -0.05) is 74.4 Å². The van der Waals surface area contributed by atoms with E-state index in [1.165, 1.54) is 4.90 Å². The van der Waals surface area contributed by atoms with E-state index in [2.05, 4.69) is 48.8 Å². The summed E-state index contributed by atoms with van der Waals surface area (Å²) in [5, 5.41) is 0.00648. The van der Waals surface area contributed by atoms with Crippen molar-refractivity contribution >= 4 is 29.5 Å². The van der Waals surface area contributed by atoms with Gasteiger partial charge >= 0.3 is 0 Å². The highest BCUT2D eigenvalue weighted by Crippen LogP contribution is 2.44. The molecule has 5 rings (SSSR count). The number of carbonyl (C=O) groups is 3. The molecule has 0 radical (unpaired) electrons. The van der Waals surface area contributed by atoms with Crippen molar-refractivity contribution in [3.63, 3.8) is 0 Å². The maximum Gasteiger partial charge on any atom is 0.261 e. The van der Waals surface area contributed by atoms with Crippen LogP contribution in [0.1, 0.15) is 59.7 Å². The summed E-state index contributed by atoms with van der Waals surface area (Å²) in [5.41, 5.74) is 5.86. The number of amides is 3. The Morgan fingerprint density at radius 1 is 0.872 bits per heavy atom. The molecule has 202 valence electrons. The van der Waals surface area contributed by atoms with Crippen molar-refractivity contribution in [2.24, 2.45) is 11.8 Å². The van der Waals surface area contributed by atoms with Crippen LogP contribution in [0.3, 0.4) is 0 Å². The van der Waals surface area contributed by atoms with E-state index in [1.54, 1.807) is 36.0 Å². The third-order valence-corrected chi connectivity index (χ3v) is 8.98. The molecule has 3 atom stereocenters. The number of benzene rings is 3. The average Bonchev–Trinajstić information content (AvgIpc) is 3.47. The topological polar surface area (TPSA) is 75.7 Å². The number of rotatable bonds is 11. The lowest BCUT2D eigenvalue weighted by atomic mass is 9.94. The third-order valence-electron chi connectivity index (χ3n) is 7.60. The summed E-state index contributed by atoms with van der Waals surface area (Å²) in [6.45, 7) is 2.81. The number of carbonyl (C=O) groups excluding carboxylic acids is 3. The molecule has 1 heterocycles. The van der Waals surface area contributed by atoms with E-state index in [9.17, 15) is 14.4 Å². The Morgan fingerprint density at radius 3 is 2.18 bits per heavy atom. The molecule has 7 heteroatoms. The van der Waals surface area contributed by atoms with E-state index in [0.717, 1.165) is 48.1 Å². The average molecular weight is 543 g/mol. The standard InChI is InChI=1S/C32H34N2O4S/c1-2-3-9-20-38-33-30(35)29-24(21-34-31(36)26-12-7-8-13-27(26)32(34)37)16-19-28(29)39-25-17-14-23(15-18-25)22-10-5-4-6-11-22/h4-8,10-15,17-18,24,28-29H,2-3,9,16,19-21H2,1H3,(H,33,35). The molecule has 1 N–H and O–H groups in total. The first-order chi connectivity index (χ1) is 19.1. The second-order valence-electron chi connectivity index (χ2n) is 10.2. The van der Waals surface area contributed by atoms with Gasteiger partial charge in [0.05, 0.1) is 23.7 Å². The van der Waals surface area contributed by atoms with E-state index in [4.69, 9.17) is 4.84 Å². The monoisotopic (exact) mass is 542 g/mol. The van der Waals surface area contributed by atoms with Gasteiger partial charge in [-0.3, -0.25) is 24.1 Å². The zero-order valence-electron chi connectivity index (χ0n) is 22.2. The number of nitrogens with one attached hydrogen (secondary N) is 1. The van der Waals surface area contributed by atoms with Crippen molar-refractivity contribution in [3.05, 3.63) is 90.0 Å². The molecule has 6 nitrogen and oxygen atoms in total. The highest BCUT2D eigenvalue weighted by atomic mass is 32.2. The molecule has 0 saturated heterocycles. The van der Waals surface area contributed by atoms with Crippen LogP contribution >= 0.6 is 11.8 Å². The SMILES string of the molecule is CCCCCONC(=O)C1C(CN2C(=O)c3ccccc3C2=O)CCC1Sc1ccc(-c2ccccc2)cc1. The third kappa shape index (κ3) is 6.10.